The maximum atomic E-state index is 13.6. The Balaban J connectivity index is 1.81. The minimum atomic E-state index is -0.806. The number of carbonyl (C=O) groups excluding carboxylic acids is 1. The maximum Gasteiger partial charge on any atom is 0.293 e. The molecule has 0 aliphatic carbocycles. The Morgan fingerprint density at radius 3 is 2.89 bits per heavy atom. The molecule has 3 aromatic rings. The number of nitrogens with two attached hydrogens (primary N) is 1. The van der Waals surface area contributed by atoms with Gasteiger partial charge in [-0.15, -0.1) is 5.10 Å². The van der Waals surface area contributed by atoms with Crippen LogP contribution in [0.1, 0.15) is 35.1 Å². The molecule has 140 valence electrons. The molecule has 0 spiro atoms. The molecule has 0 unspecified atom stereocenters. The van der Waals surface area contributed by atoms with E-state index in [2.05, 4.69) is 35.8 Å². The highest BCUT2D eigenvalue weighted by Gasteiger charge is 2.23. The van der Waals surface area contributed by atoms with Gasteiger partial charge in [-0.2, -0.15) is 9.78 Å². The highest BCUT2D eigenvalue weighted by molar-refractivity contribution is 5.94. The third-order valence-electron chi connectivity index (χ3n) is 3.49. The van der Waals surface area contributed by atoms with Crippen molar-refractivity contribution >= 4 is 17.9 Å². The van der Waals surface area contributed by atoms with Gasteiger partial charge in [0, 0.05) is 11.6 Å². The zero-order chi connectivity index (χ0) is 19.4. The number of hydrogen-bond donors (Lipinski definition) is 2. The van der Waals surface area contributed by atoms with Gasteiger partial charge in [-0.1, -0.05) is 18.6 Å². The number of carbonyl (C=O) groups is 1. The molecule has 0 bridgehead atoms. The number of nitrogen functional groups attached to an aromatic ring is 1. The van der Waals surface area contributed by atoms with Crippen LogP contribution in [0, 0.1) is 11.6 Å². The summed E-state index contributed by atoms with van der Waals surface area (Å²) in [6.45, 7) is 1.90. The summed E-state index contributed by atoms with van der Waals surface area (Å²) in [5.41, 5.74) is 8.31. The van der Waals surface area contributed by atoms with Gasteiger partial charge in [-0.05, 0) is 28.9 Å². The average Bonchev–Trinajstić information content (AvgIpc) is 3.23. The molecular formula is C15H14F2N8O2. The first kappa shape index (κ1) is 18.1. The number of amides is 1. The molecule has 2 heterocycles. The van der Waals surface area contributed by atoms with Crippen molar-refractivity contribution < 1.29 is 18.2 Å². The van der Waals surface area contributed by atoms with Crippen molar-refractivity contribution in [3.05, 3.63) is 46.8 Å². The van der Waals surface area contributed by atoms with Crippen LogP contribution in [0.4, 0.5) is 14.6 Å². The Labute approximate surface area is 151 Å². The summed E-state index contributed by atoms with van der Waals surface area (Å²) in [5.74, 6) is -2.08. The predicted molar refractivity (Wildman–Crippen MR) is 89.0 cm³/mol. The Hall–Kier alpha value is -3.70. The second kappa shape index (κ2) is 7.68. The van der Waals surface area contributed by atoms with E-state index in [1.807, 2.05) is 6.92 Å². The summed E-state index contributed by atoms with van der Waals surface area (Å²) < 4.78 is 32.2. The first-order valence-corrected chi connectivity index (χ1v) is 7.82. The molecule has 0 atom stereocenters. The van der Waals surface area contributed by atoms with Gasteiger partial charge in [0.15, 0.2) is 5.69 Å². The first-order valence-electron chi connectivity index (χ1n) is 7.82. The molecule has 0 saturated heterocycles. The van der Waals surface area contributed by atoms with Crippen molar-refractivity contribution in [2.24, 2.45) is 5.10 Å². The lowest BCUT2D eigenvalue weighted by Gasteiger charge is -2.03. The summed E-state index contributed by atoms with van der Waals surface area (Å²) in [7, 11) is 0. The Morgan fingerprint density at radius 2 is 2.22 bits per heavy atom. The standard InChI is InChI=1S/C15H14F2N8O2/c1-2-3-11-12(20-24-25(11)14-13(18)22-27-23-14)15(26)21-19-7-8-4-5-9(16)6-10(8)17/h4-7H,2-3H2,1H3,(H2,18,22)(H,21,26)/b19-7-. The monoisotopic (exact) mass is 376 g/mol. The molecule has 27 heavy (non-hydrogen) atoms. The summed E-state index contributed by atoms with van der Waals surface area (Å²) >= 11 is 0. The number of aromatic nitrogens is 5. The van der Waals surface area contributed by atoms with Crippen molar-refractivity contribution in [2.75, 3.05) is 5.73 Å². The van der Waals surface area contributed by atoms with Crippen LogP contribution in [0.3, 0.4) is 0 Å². The predicted octanol–water partition coefficient (Wildman–Crippen LogP) is 1.23. The number of hydrazone groups is 1. The van der Waals surface area contributed by atoms with Crippen LogP contribution >= 0.6 is 0 Å². The lowest BCUT2D eigenvalue weighted by Crippen LogP contribution is -2.20. The molecule has 0 radical (unpaired) electrons. The van der Waals surface area contributed by atoms with E-state index in [1.165, 1.54) is 10.7 Å². The van der Waals surface area contributed by atoms with E-state index in [1.54, 1.807) is 0 Å². The summed E-state index contributed by atoms with van der Waals surface area (Å²) in [4.78, 5) is 12.4. The molecule has 12 heteroatoms. The molecular weight excluding hydrogens is 362 g/mol. The van der Waals surface area contributed by atoms with Crippen LogP contribution in [0.5, 0.6) is 0 Å². The number of halogens is 2. The topological polar surface area (TPSA) is 137 Å². The van der Waals surface area contributed by atoms with Gasteiger partial charge in [-0.3, -0.25) is 4.79 Å². The van der Waals surface area contributed by atoms with Gasteiger partial charge in [-0.25, -0.2) is 18.8 Å². The number of hydrogen-bond acceptors (Lipinski definition) is 8. The van der Waals surface area contributed by atoms with Gasteiger partial charge < -0.3 is 5.73 Å². The van der Waals surface area contributed by atoms with Crippen molar-refractivity contribution in [1.29, 1.82) is 0 Å². The van der Waals surface area contributed by atoms with Gasteiger partial charge >= 0.3 is 0 Å². The molecule has 2 aromatic heterocycles. The summed E-state index contributed by atoms with van der Waals surface area (Å²) in [5, 5.41) is 18.4. The Bertz CT molecular complexity index is 998. The van der Waals surface area contributed by atoms with Crippen LogP contribution in [0.15, 0.2) is 27.9 Å². The van der Waals surface area contributed by atoms with Crippen molar-refractivity contribution in [2.45, 2.75) is 19.8 Å². The molecule has 1 amide bonds. The third kappa shape index (κ3) is 3.78. The number of nitrogens with zero attached hydrogens (tertiary/aromatic N) is 6. The second-order valence-corrected chi connectivity index (χ2v) is 5.38. The van der Waals surface area contributed by atoms with Crippen molar-refractivity contribution in [3.63, 3.8) is 0 Å². The number of benzene rings is 1. The van der Waals surface area contributed by atoms with Crippen LogP contribution < -0.4 is 11.2 Å². The van der Waals surface area contributed by atoms with Gasteiger partial charge in [0.05, 0.1) is 11.9 Å². The lowest BCUT2D eigenvalue weighted by atomic mass is 10.2. The summed E-state index contributed by atoms with van der Waals surface area (Å²) in [6, 6.07) is 2.98. The van der Waals surface area contributed by atoms with Crippen LogP contribution in [-0.2, 0) is 6.42 Å². The minimum absolute atomic E-state index is 0.00372. The minimum Gasteiger partial charge on any atom is -0.378 e. The molecule has 0 aliphatic rings. The first-order chi connectivity index (χ1) is 13.0. The van der Waals surface area contributed by atoms with Gasteiger partial charge in [0.1, 0.15) is 11.6 Å². The molecule has 0 aliphatic heterocycles. The number of rotatable bonds is 6. The van der Waals surface area contributed by atoms with Crippen LogP contribution in [0.25, 0.3) is 5.82 Å². The van der Waals surface area contributed by atoms with E-state index >= 15 is 0 Å². The van der Waals surface area contributed by atoms with Crippen LogP contribution in [-0.4, -0.2) is 37.4 Å². The van der Waals surface area contributed by atoms with Crippen molar-refractivity contribution in [1.82, 2.24) is 30.7 Å². The van der Waals surface area contributed by atoms with E-state index in [-0.39, 0.29) is 22.9 Å². The molecule has 10 nitrogen and oxygen atoms in total. The van der Waals surface area contributed by atoms with Gasteiger partial charge in [0.2, 0.25) is 11.6 Å². The van der Waals surface area contributed by atoms with E-state index < -0.39 is 17.5 Å². The highest BCUT2D eigenvalue weighted by atomic mass is 19.1. The SMILES string of the molecule is CCCc1c(C(=O)N/N=C\c2ccc(F)cc2F)nnn1-c1nonc1N. The zero-order valence-corrected chi connectivity index (χ0v) is 14.1. The van der Waals surface area contributed by atoms with E-state index in [0.717, 1.165) is 12.3 Å². The van der Waals surface area contributed by atoms with E-state index in [0.29, 0.717) is 24.6 Å². The Kier molecular flexibility index (Phi) is 5.15. The number of nitrogens with one attached hydrogen (secondary N) is 1. The zero-order valence-electron chi connectivity index (χ0n) is 14.1. The molecule has 0 saturated carbocycles. The van der Waals surface area contributed by atoms with Crippen LogP contribution in [0.2, 0.25) is 0 Å². The largest absolute Gasteiger partial charge is 0.378 e. The highest BCUT2D eigenvalue weighted by Crippen LogP contribution is 2.17. The molecule has 3 rings (SSSR count). The van der Waals surface area contributed by atoms with E-state index in [9.17, 15) is 13.6 Å². The van der Waals surface area contributed by atoms with E-state index in [4.69, 9.17) is 5.73 Å². The molecule has 3 N–H and O–H groups in total. The quantitative estimate of drug-likeness (QED) is 0.487. The second-order valence-electron chi connectivity index (χ2n) is 5.38. The average molecular weight is 376 g/mol. The van der Waals surface area contributed by atoms with Crippen molar-refractivity contribution in [3.8, 4) is 5.82 Å². The Morgan fingerprint density at radius 1 is 1.41 bits per heavy atom. The molecule has 1 aromatic carbocycles. The summed E-state index contributed by atoms with van der Waals surface area (Å²) in [6.07, 6.45) is 2.18. The normalized spacial score (nSPS) is 11.2. The number of anilines is 1. The fourth-order valence-corrected chi connectivity index (χ4v) is 2.27. The fraction of sp³-hybridized carbons (Fsp3) is 0.200. The van der Waals surface area contributed by atoms with Gasteiger partial charge in [0.25, 0.3) is 5.91 Å². The smallest absolute Gasteiger partial charge is 0.293 e. The fourth-order valence-electron chi connectivity index (χ4n) is 2.27. The molecule has 0 fully saturated rings. The maximum absolute atomic E-state index is 13.6. The third-order valence-corrected chi connectivity index (χ3v) is 3.49. The lowest BCUT2D eigenvalue weighted by molar-refractivity contribution is 0.0949.